The molecular formula is C9H9N3O. The lowest BCUT2D eigenvalue weighted by Gasteiger charge is -1.98. The molecule has 2 aromatic heterocycles. The number of aromatic amines is 1. The van der Waals surface area contributed by atoms with Crippen LogP contribution in [0.3, 0.4) is 0 Å². The van der Waals surface area contributed by atoms with Gasteiger partial charge in [-0.05, 0) is 18.2 Å². The van der Waals surface area contributed by atoms with E-state index in [1.165, 1.54) is 0 Å². The van der Waals surface area contributed by atoms with Gasteiger partial charge in [-0.25, -0.2) is 9.97 Å². The van der Waals surface area contributed by atoms with E-state index >= 15 is 0 Å². The summed E-state index contributed by atoms with van der Waals surface area (Å²) < 4.78 is 0. The molecule has 0 radical (unpaired) electrons. The van der Waals surface area contributed by atoms with Crippen molar-refractivity contribution >= 4 is 0 Å². The molecule has 0 bridgehead atoms. The van der Waals surface area contributed by atoms with Gasteiger partial charge in [0.1, 0.15) is 6.61 Å². The first-order valence-corrected chi connectivity index (χ1v) is 3.96. The highest BCUT2D eigenvalue weighted by molar-refractivity contribution is 5.53. The molecule has 0 saturated carbocycles. The van der Waals surface area contributed by atoms with E-state index in [9.17, 15) is 0 Å². The summed E-state index contributed by atoms with van der Waals surface area (Å²) in [5, 5.41) is 8.82. The van der Waals surface area contributed by atoms with Crippen molar-refractivity contribution in [1.29, 1.82) is 0 Å². The molecule has 66 valence electrons. The monoisotopic (exact) mass is 175 g/mol. The number of aromatic nitrogens is 3. The van der Waals surface area contributed by atoms with Crippen molar-refractivity contribution < 1.29 is 5.11 Å². The van der Waals surface area contributed by atoms with Gasteiger partial charge in [-0.2, -0.15) is 0 Å². The molecule has 2 rings (SSSR count). The standard InChI is InChI=1S/C9H9N3O/c13-6-9-11-5-3-8(12-9)7-2-1-4-10-7/h1-5,10,13H,6H2. The Morgan fingerprint density at radius 2 is 2.31 bits per heavy atom. The third-order valence-corrected chi connectivity index (χ3v) is 1.72. The fourth-order valence-electron chi connectivity index (χ4n) is 1.11. The first-order valence-electron chi connectivity index (χ1n) is 3.96. The van der Waals surface area contributed by atoms with Crippen LogP contribution in [0.1, 0.15) is 5.82 Å². The van der Waals surface area contributed by atoms with Gasteiger partial charge < -0.3 is 10.1 Å². The second-order valence-electron chi connectivity index (χ2n) is 2.60. The van der Waals surface area contributed by atoms with E-state index in [1.807, 2.05) is 18.3 Å². The van der Waals surface area contributed by atoms with Crippen LogP contribution in [0.4, 0.5) is 0 Å². The second kappa shape index (κ2) is 3.37. The fourth-order valence-corrected chi connectivity index (χ4v) is 1.11. The van der Waals surface area contributed by atoms with Gasteiger partial charge >= 0.3 is 0 Å². The Morgan fingerprint density at radius 1 is 1.38 bits per heavy atom. The van der Waals surface area contributed by atoms with Gasteiger partial charge in [0.15, 0.2) is 5.82 Å². The normalized spacial score (nSPS) is 10.2. The summed E-state index contributed by atoms with van der Waals surface area (Å²) in [6.45, 7) is -0.130. The average Bonchev–Trinajstić information content (AvgIpc) is 2.71. The average molecular weight is 175 g/mol. The Bertz CT molecular complexity index is 384. The van der Waals surface area contributed by atoms with Crippen LogP contribution in [0.2, 0.25) is 0 Å². The van der Waals surface area contributed by atoms with Crippen LogP contribution in [0.15, 0.2) is 30.6 Å². The number of aliphatic hydroxyl groups is 1. The second-order valence-corrected chi connectivity index (χ2v) is 2.60. The molecule has 0 aliphatic heterocycles. The van der Waals surface area contributed by atoms with Gasteiger partial charge in [0.2, 0.25) is 0 Å². The van der Waals surface area contributed by atoms with Crippen LogP contribution >= 0.6 is 0 Å². The molecule has 0 atom stereocenters. The first kappa shape index (κ1) is 7.94. The van der Waals surface area contributed by atoms with Crippen molar-refractivity contribution in [3.05, 3.63) is 36.4 Å². The van der Waals surface area contributed by atoms with E-state index in [-0.39, 0.29) is 6.61 Å². The van der Waals surface area contributed by atoms with Crippen LogP contribution in [0.5, 0.6) is 0 Å². The Kier molecular flexibility index (Phi) is 2.06. The molecule has 0 unspecified atom stereocenters. The zero-order chi connectivity index (χ0) is 9.10. The van der Waals surface area contributed by atoms with E-state index in [0.29, 0.717) is 5.82 Å². The molecule has 0 amide bonds. The van der Waals surface area contributed by atoms with Crippen molar-refractivity contribution in [2.24, 2.45) is 0 Å². The summed E-state index contributed by atoms with van der Waals surface area (Å²) >= 11 is 0. The highest BCUT2D eigenvalue weighted by atomic mass is 16.3. The third kappa shape index (κ3) is 1.57. The van der Waals surface area contributed by atoms with Crippen LogP contribution in [0, 0.1) is 0 Å². The van der Waals surface area contributed by atoms with Crippen molar-refractivity contribution in [3.63, 3.8) is 0 Å². The number of H-pyrrole nitrogens is 1. The number of aliphatic hydroxyl groups excluding tert-OH is 1. The zero-order valence-corrected chi connectivity index (χ0v) is 6.94. The van der Waals surface area contributed by atoms with Crippen LogP contribution < -0.4 is 0 Å². The van der Waals surface area contributed by atoms with E-state index in [0.717, 1.165) is 11.4 Å². The SMILES string of the molecule is OCc1nccc(-c2ccc[nH]2)n1. The number of hydrogen-bond acceptors (Lipinski definition) is 3. The Labute approximate surface area is 75.3 Å². The fraction of sp³-hybridized carbons (Fsp3) is 0.111. The summed E-state index contributed by atoms with van der Waals surface area (Å²) in [4.78, 5) is 11.1. The Hall–Kier alpha value is -1.68. The van der Waals surface area contributed by atoms with Gasteiger partial charge in [-0.1, -0.05) is 0 Å². The number of rotatable bonds is 2. The lowest BCUT2D eigenvalue weighted by molar-refractivity contribution is 0.271. The van der Waals surface area contributed by atoms with Crippen molar-refractivity contribution in [2.45, 2.75) is 6.61 Å². The molecule has 4 heteroatoms. The van der Waals surface area contributed by atoms with Gasteiger partial charge in [-0.3, -0.25) is 0 Å². The molecule has 0 fully saturated rings. The van der Waals surface area contributed by atoms with Crippen LogP contribution in [-0.4, -0.2) is 20.1 Å². The summed E-state index contributed by atoms with van der Waals surface area (Å²) in [5.41, 5.74) is 1.72. The minimum atomic E-state index is -0.130. The summed E-state index contributed by atoms with van der Waals surface area (Å²) in [7, 11) is 0. The molecular weight excluding hydrogens is 166 g/mol. The molecule has 2 N–H and O–H groups in total. The predicted octanol–water partition coefficient (Wildman–Crippen LogP) is 0.964. The molecule has 0 saturated heterocycles. The molecule has 2 heterocycles. The summed E-state index contributed by atoms with van der Waals surface area (Å²) in [6.07, 6.45) is 3.46. The predicted molar refractivity (Wildman–Crippen MR) is 47.7 cm³/mol. The third-order valence-electron chi connectivity index (χ3n) is 1.72. The van der Waals surface area contributed by atoms with Gasteiger partial charge in [0.05, 0.1) is 11.4 Å². The molecule has 0 aromatic carbocycles. The molecule has 0 spiro atoms. The first-order chi connectivity index (χ1) is 6.40. The van der Waals surface area contributed by atoms with E-state index in [4.69, 9.17) is 5.11 Å². The summed E-state index contributed by atoms with van der Waals surface area (Å²) in [5.74, 6) is 0.437. The lowest BCUT2D eigenvalue weighted by atomic mass is 10.3. The van der Waals surface area contributed by atoms with E-state index < -0.39 is 0 Å². The minimum Gasteiger partial charge on any atom is -0.388 e. The van der Waals surface area contributed by atoms with E-state index in [2.05, 4.69) is 15.0 Å². The maximum atomic E-state index is 8.82. The topological polar surface area (TPSA) is 61.8 Å². The number of nitrogens with one attached hydrogen (secondary N) is 1. The maximum absolute atomic E-state index is 8.82. The largest absolute Gasteiger partial charge is 0.388 e. The zero-order valence-electron chi connectivity index (χ0n) is 6.94. The molecule has 2 aromatic rings. The van der Waals surface area contributed by atoms with Crippen molar-refractivity contribution in [2.75, 3.05) is 0 Å². The van der Waals surface area contributed by atoms with Crippen molar-refractivity contribution in [3.8, 4) is 11.4 Å². The van der Waals surface area contributed by atoms with Gasteiger partial charge in [-0.15, -0.1) is 0 Å². The minimum absolute atomic E-state index is 0.130. The quantitative estimate of drug-likeness (QED) is 0.714. The highest BCUT2D eigenvalue weighted by Gasteiger charge is 2.00. The Morgan fingerprint density at radius 3 is 3.00 bits per heavy atom. The van der Waals surface area contributed by atoms with Crippen LogP contribution in [-0.2, 0) is 6.61 Å². The smallest absolute Gasteiger partial charge is 0.154 e. The number of hydrogen-bond donors (Lipinski definition) is 2. The van der Waals surface area contributed by atoms with Crippen molar-refractivity contribution in [1.82, 2.24) is 15.0 Å². The Balaban J connectivity index is 2.41. The molecule has 0 aliphatic rings. The van der Waals surface area contributed by atoms with Gasteiger partial charge in [0, 0.05) is 12.4 Å². The maximum Gasteiger partial charge on any atom is 0.154 e. The number of nitrogens with zero attached hydrogens (tertiary/aromatic N) is 2. The lowest BCUT2D eigenvalue weighted by Crippen LogP contribution is -1.95. The van der Waals surface area contributed by atoms with E-state index in [1.54, 1.807) is 12.3 Å². The highest BCUT2D eigenvalue weighted by Crippen LogP contribution is 2.12. The molecule has 13 heavy (non-hydrogen) atoms. The summed E-state index contributed by atoms with van der Waals surface area (Å²) in [6, 6.07) is 5.62. The molecule has 0 aliphatic carbocycles. The molecule has 4 nitrogen and oxygen atoms in total. The van der Waals surface area contributed by atoms with Gasteiger partial charge in [0.25, 0.3) is 0 Å². The van der Waals surface area contributed by atoms with Crippen LogP contribution in [0.25, 0.3) is 11.4 Å².